The van der Waals surface area contributed by atoms with Crippen molar-refractivity contribution < 1.29 is 4.39 Å². The zero-order valence-corrected chi connectivity index (χ0v) is 13.8. The monoisotopic (exact) mass is 396 g/mol. The normalized spacial score (nSPS) is 11.3. The van der Waals surface area contributed by atoms with Crippen LogP contribution in [0.4, 0.5) is 4.39 Å². The molecule has 6 heteroatoms. The number of hydrogen-bond acceptors (Lipinski definition) is 2. The molecule has 0 unspecified atom stereocenters. The zero-order valence-electron chi connectivity index (χ0n) is 10.0. The molecule has 0 amide bonds. The summed E-state index contributed by atoms with van der Waals surface area (Å²) >= 11 is 9.13. The van der Waals surface area contributed by atoms with Gasteiger partial charge in [0.05, 0.1) is 14.6 Å². The highest BCUT2D eigenvalue weighted by atomic mass is 127. The molecule has 98 valence electrons. The molecule has 0 saturated heterocycles. The van der Waals surface area contributed by atoms with Gasteiger partial charge in [-0.3, -0.25) is 0 Å². The van der Waals surface area contributed by atoms with Crippen molar-refractivity contribution >= 4 is 57.6 Å². The van der Waals surface area contributed by atoms with Crippen molar-refractivity contribution in [2.45, 2.75) is 19.4 Å². The highest BCUT2D eigenvalue weighted by Crippen LogP contribution is 2.21. The Morgan fingerprint density at radius 3 is 2.94 bits per heavy atom. The Balaban J connectivity index is 2.29. The van der Waals surface area contributed by atoms with Crippen LogP contribution in [0.3, 0.4) is 0 Å². The van der Waals surface area contributed by atoms with E-state index in [4.69, 9.17) is 12.2 Å². The predicted molar refractivity (Wildman–Crippen MR) is 87.4 cm³/mol. The van der Waals surface area contributed by atoms with Crippen LogP contribution in [0.5, 0.6) is 0 Å². The van der Waals surface area contributed by atoms with Crippen molar-refractivity contribution in [3.8, 4) is 0 Å². The number of imidazole rings is 1. The number of aryl methyl sites for hydroxylation is 1. The number of unbranched alkanes of at least 4 members (excludes halogenated alkanes) is 1. The second-order valence-corrected chi connectivity index (χ2v) is 6.60. The average molecular weight is 396 g/mol. The predicted octanol–water partition coefficient (Wildman–Crippen LogP) is 4.59. The quantitative estimate of drug-likeness (QED) is 0.454. The lowest BCUT2D eigenvalue weighted by molar-refractivity contribution is 0.616. The van der Waals surface area contributed by atoms with Crippen LogP contribution in [0.25, 0.3) is 11.0 Å². The number of hydrogen-bond donors (Lipinski definition) is 1. The largest absolute Gasteiger partial charge is 0.331 e. The number of nitrogens with zero attached hydrogens (tertiary/aromatic N) is 1. The molecular weight excluding hydrogens is 382 g/mol. The van der Waals surface area contributed by atoms with Gasteiger partial charge in [0.25, 0.3) is 0 Å². The Labute approximate surface area is 128 Å². The van der Waals surface area contributed by atoms with Gasteiger partial charge in [0, 0.05) is 12.6 Å². The maximum absolute atomic E-state index is 13.6. The Hall–Kier alpha value is -0.0800. The summed E-state index contributed by atoms with van der Waals surface area (Å²) in [4.78, 5) is 3.14. The molecule has 2 nitrogen and oxygen atoms in total. The molecule has 1 aromatic carbocycles. The molecule has 0 saturated carbocycles. The molecule has 0 atom stereocenters. The maximum atomic E-state index is 13.6. The number of thioether (sulfide) groups is 1. The van der Waals surface area contributed by atoms with Crippen molar-refractivity contribution in [3.63, 3.8) is 0 Å². The summed E-state index contributed by atoms with van der Waals surface area (Å²) in [6.45, 7) is 0.847. The number of H-pyrrole nitrogens is 1. The molecule has 2 aromatic rings. The molecule has 1 aromatic heterocycles. The number of fused-ring (bicyclic) bond motifs is 1. The first-order valence-electron chi connectivity index (χ1n) is 5.70. The minimum Gasteiger partial charge on any atom is -0.331 e. The number of nitrogens with one attached hydrogen (secondary N) is 1. The molecule has 0 fully saturated rings. The number of halogens is 2. The molecular formula is C12H14FIN2S2. The van der Waals surface area contributed by atoms with Crippen molar-refractivity contribution in [2.24, 2.45) is 0 Å². The second-order valence-electron chi connectivity index (χ2n) is 4.07. The fraction of sp³-hybridized carbons (Fsp3) is 0.417. The smallest absolute Gasteiger partial charge is 0.178 e. The van der Waals surface area contributed by atoms with Gasteiger partial charge in [0.15, 0.2) is 4.77 Å². The highest BCUT2D eigenvalue weighted by molar-refractivity contribution is 14.1. The summed E-state index contributed by atoms with van der Waals surface area (Å²) in [5, 5.41) is 0. The van der Waals surface area contributed by atoms with E-state index in [0.29, 0.717) is 8.34 Å². The lowest BCUT2D eigenvalue weighted by atomic mass is 10.3. The molecule has 0 aliphatic carbocycles. The van der Waals surface area contributed by atoms with Crippen LogP contribution >= 0.6 is 46.6 Å². The third-order valence-corrected chi connectivity index (χ3v) is 4.64. The van der Waals surface area contributed by atoms with Crippen LogP contribution in [-0.4, -0.2) is 21.6 Å². The molecule has 0 radical (unpaired) electrons. The van der Waals surface area contributed by atoms with E-state index in [0.717, 1.165) is 36.2 Å². The van der Waals surface area contributed by atoms with Gasteiger partial charge in [-0.05, 0) is 65.7 Å². The number of aromatic amines is 1. The molecule has 1 heterocycles. The number of aromatic nitrogens is 2. The summed E-state index contributed by atoms with van der Waals surface area (Å²) in [5.41, 5.74) is 1.78. The van der Waals surface area contributed by atoms with E-state index in [1.165, 1.54) is 0 Å². The fourth-order valence-electron chi connectivity index (χ4n) is 1.89. The number of rotatable bonds is 5. The van der Waals surface area contributed by atoms with Gasteiger partial charge in [-0.25, -0.2) is 4.39 Å². The molecule has 0 aliphatic heterocycles. The lowest BCUT2D eigenvalue weighted by Gasteiger charge is -2.04. The molecule has 2 rings (SSSR count). The number of benzene rings is 1. The Morgan fingerprint density at radius 2 is 2.22 bits per heavy atom. The minimum absolute atomic E-state index is 0.185. The van der Waals surface area contributed by atoms with Gasteiger partial charge in [0.1, 0.15) is 5.82 Å². The second kappa shape index (κ2) is 6.38. The first kappa shape index (κ1) is 14.3. The van der Waals surface area contributed by atoms with Gasteiger partial charge < -0.3 is 9.55 Å². The zero-order chi connectivity index (χ0) is 13.1. The summed E-state index contributed by atoms with van der Waals surface area (Å²) in [7, 11) is 0. The van der Waals surface area contributed by atoms with Gasteiger partial charge in [-0.15, -0.1) is 0 Å². The van der Waals surface area contributed by atoms with Gasteiger partial charge in [0.2, 0.25) is 0 Å². The van der Waals surface area contributed by atoms with Crippen LogP contribution in [0.2, 0.25) is 0 Å². The van der Waals surface area contributed by atoms with E-state index in [1.807, 2.05) is 38.9 Å². The van der Waals surface area contributed by atoms with E-state index in [2.05, 4.69) is 11.2 Å². The summed E-state index contributed by atoms with van der Waals surface area (Å²) in [6, 6.07) is 3.37. The molecule has 1 N–H and O–H groups in total. The lowest BCUT2D eigenvalue weighted by Crippen LogP contribution is -1.99. The first-order chi connectivity index (χ1) is 8.63. The summed E-state index contributed by atoms with van der Waals surface area (Å²) in [6.07, 6.45) is 4.33. The topological polar surface area (TPSA) is 20.7 Å². The fourth-order valence-corrected chi connectivity index (χ4v) is 3.15. The Kier molecular flexibility index (Phi) is 5.08. The van der Waals surface area contributed by atoms with Crippen LogP contribution in [0, 0.1) is 14.2 Å². The average Bonchev–Trinajstić information content (AvgIpc) is 2.62. The first-order valence-corrected chi connectivity index (χ1v) is 8.58. The molecule has 0 aliphatic rings. The van der Waals surface area contributed by atoms with Crippen LogP contribution in [-0.2, 0) is 6.54 Å². The van der Waals surface area contributed by atoms with E-state index in [9.17, 15) is 4.39 Å². The maximum Gasteiger partial charge on any atom is 0.178 e. The summed E-state index contributed by atoms with van der Waals surface area (Å²) < 4.78 is 16.9. The van der Waals surface area contributed by atoms with Gasteiger partial charge in [-0.2, -0.15) is 11.8 Å². The third kappa shape index (κ3) is 3.08. The Bertz CT molecular complexity index is 606. The van der Waals surface area contributed by atoms with Crippen molar-refractivity contribution in [3.05, 3.63) is 26.3 Å². The SMILES string of the molecule is CSCCCCn1c(=S)[nH]c2cc(I)c(F)cc21. The van der Waals surface area contributed by atoms with E-state index < -0.39 is 0 Å². The highest BCUT2D eigenvalue weighted by Gasteiger charge is 2.08. The van der Waals surface area contributed by atoms with Gasteiger partial charge in [-0.1, -0.05) is 0 Å². The van der Waals surface area contributed by atoms with E-state index in [-0.39, 0.29) is 5.82 Å². The third-order valence-electron chi connectivity index (χ3n) is 2.80. The molecule has 18 heavy (non-hydrogen) atoms. The van der Waals surface area contributed by atoms with E-state index >= 15 is 0 Å². The van der Waals surface area contributed by atoms with Crippen molar-refractivity contribution in [2.75, 3.05) is 12.0 Å². The van der Waals surface area contributed by atoms with Crippen LogP contribution in [0.1, 0.15) is 12.8 Å². The molecule has 0 bridgehead atoms. The Morgan fingerprint density at radius 1 is 1.44 bits per heavy atom. The van der Waals surface area contributed by atoms with Crippen molar-refractivity contribution in [1.82, 2.24) is 9.55 Å². The summed E-state index contributed by atoms with van der Waals surface area (Å²) in [5.74, 6) is 0.969. The van der Waals surface area contributed by atoms with E-state index in [1.54, 1.807) is 12.1 Å². The standard InChI is InChI=1S/C12H14FIN2S2/c1-18-5-3-2-4-16-11-6-8(13)9(14)7-10(11)15-12(16)17/h6-7H,2-5H2,1H3,(H,15,17). The van der Waals surface area contributed by atoms with Crippen molar-refractivity contribution in [1.29, 1.82) is 0 Å². The minimum atomic E-state index is -0.185. The van der Waals surface area contributed by atoms with Crippen LogP contribution < -0.4 is 0 Å². The molecule has 0 spiro atoms. The van der Waals surface area contributed by atoms with Crippen LogP contribution in [0.15, 0.2) is 12.1 Å². The van der Waals surface area contributed by atoms with Gasteiger partial charge >= 0.3 is 0 Å².